The normalized spacial score (nSPS) is 15.4. The summed E-state index contributed by atoms with van der Waals surface area (Å²) in [4.78, 5) is 25.1. The number of nitrogens with zero attached hydrogens (tertiary/aromatic N) is 1. The Hall–Kier alpha value is -1.88. The Morgan fingerprint density at radius 3 is 2.46 bits per heavy atom. The number of nitrogens with two attached hydrogens (primary N) is 1. The maximum absolute atomic E-state index is 12.0. The Labute approximate surface area is 144 Å². The Morgan fingerprint density at radius 1 is 1.08 bits per heavy atom. The number of carbonyl (C=O) groups excluding carboxylic acids is 2. The van der Waals surface area contributed by atoms with Crippen LogP contribution in [0.4, 0.5) is 0 Å². The second-order valence-electron chi connectivity index (χ2n) is 6.62. The van der Waals surface area contributed by atoms with Crippen molar-refractivity contribution in [1.82, 2.24) is 4.90 Å². The molecule has 1 amide bonds. The van der Waals surface area contributed by atoms with E-state index in [1.807, 2.05) is 35.2 Å². The summed E-state index contributed by atoms with van der Waals surface area (Å²) < 4.78 is 5.30. The third-order valence-corrected chi connectivity index (χ3v) is 4.55. The standard InChI is InChI=1S/C19H28N2O3/c20-18(22)13-21(12-11-16-7-3-1-4-8-16)14-19(23)24-15-17-9-5-2-6-10-17/h2,5-6,9-10,16H,1,3-4,7-8,11-15H2,(H2,20,22). The van der Waals surface area contributed by atoms with Crippen molar-refractivity contribution in [2.24, 2.45) is 11.7 Å². The highest BCUT2D eigenvalue weighted by atomic mass is 16.5. The lowest BCUT2D eigenvalue weighted by atomic mass is 9.87. The van der Waals surface area contributed by atoms with Gasteiger partial charge in [-0.05, 0) is 24.4 Å². The summed E-state index contributed by atoms with van der Waals surface area (Å²) in [5.74, 6) is -0.0206. The van der Waals surface area contributed by atoms with Crippen molar-refractivity contribution in [3.63, 3.8) is 0 Å². The summed E-state index contributed by atoms with van der Waals surface area (Å²) in [6, 6.07) is 9.57. The second-order valence-corrected chi connectivity index (χ2v) is 6.62. The molecule has 0 unspecified atom stereocenters. The van der Waals surface area contributed by atoms with E-state index in [1.54, 1.807) is 0 Å². The van der Waals surface area contributed by atoms with Gasteiger partial charge in [-0.25, -0.2) is 0 Å². The molecular formula is C19H28N2O3. The van der Waals surface area contributed by atoms with Crippen LogP contribution in [0.1, 0.15) is 44.1 Å². The third-order valence-electron chi connectivity index (χ3n) is 4.55. The molecule has 1 aliphatic rings. The predicted molar refractivity (Wildman–Crippen MR) is 93.1 cm³/mol. The molecule has 2 N–H and O–H groups in total. The van der Waals surface area contributed by atoms with Gasteiger partial charge in [0.25, 0.3) is 0 Å². The summed E-state index contributed by atoms with van der Waals surface area (Å²) in [6.07, 6.45) is 7.43. The maximum Gasteiger partial charge on any atom is 0.320 e. The van der Waals surface area contributed by atoms with Gasteiger partial charge in [-0.3, -0.25) is 14.5 Å². The SMILES string of the molecule is NC(=O)CN(CCC1CCCCC1)CC(=O)OCc1ccccc1. The smallest absolute Gasteiger partial charge is 0.320 e. The van der Waals surface area contributed by atoms with Crippen molar-refractivity contribution in [3.05, 3.63) is 35.9 Å². The fourth-order valence-electron chi connectivity index (χ4n) is 3.24. The minimum atomic E-state index is -0.408. The van der Waals surface area contributed by atoms with Crippen molar-refractivity contribution in [1.29, 1.82) is 0 Å². The van der Waals surface area contributed by atoms with Crippen LogP contribution in [0.15, 0.2) is 30.3 Å². The highest BCUT2D eigenvalue weighted by Crippen LogP contribution is 2.26. The lowest BCUT2D eigenvalue weighted by Crippen LogP contribution is -2.39. The van der Waals surface area contributed by atoms with E-state index in [0.29, 0.717) is 12.5 Å². The van der Waals surface area contributed by atoms with Gasteiger partial charge in [0.05, 0.1) is 13.1 Å². The molecule has 1 saturated carbocycles. The van der Waals surface area contributed by atoms with Crippen LogP contribution in [0.5, 0.6) is 0 Å². The zero-order chi connectivity index (χ0) is 17.2. The number of benzene rings is 1. The van der Waals surface area contributed by atoms with E-state index >= 15 is 0 Å². The first-order valence-corrected chi connectivity index (χ1v) is 8.83. The van der Waals surface area contributed by atoms with Gasteiger partial charge in [-0.1, -0.05) is 62.4 Å². The molecule has 132 valence electrons. The van der Waals surface area contributed by atoms with Crippen molar-refractivity contribution in [2.75, 3.05) is 19.6 Å². The van der Waals surface area contributed by atoms with Crippen LogP contribution in [0.2, 0.25) is 0 Å². The molecule has 1 aromatic carbocycles. The summed E-state index contributed by atoms with van der Waals surface area (Å²) in [6.45, 7) is 1.19. The number of carbonyl (C=O) groups is 2. The van der Waals surface area contributed by atoms with Crippen molar-refractivity contribution < 1.29 is 14.3 Å². The summed E-state index contributed by atoms with van der Waals surface area (Å²) in [5, 5.41) is 0. The molecule has 0 heterocycles. The Kier molecular flexibility index (Phi) is 7.75. The fourth-order valence-corrected chi connectivity index (χ4v) is 3.24. The molecule has 5 nitrogen and oxygen atoms in total. The number of esters is 1. The number of hydrogen-bond acceptors (Lipinski definition) is 4. The number of amides is 1. The van der Waals surface area contributed by atoms with E-state index in [0.717, 1.165) is 12.0 Å². The second kappa shape index (κ2) is 10.1. The molecule has 0 spiro atoms. The Bertz CT molecular complexity index is 513. The van der Waals surface area contributed by atoms with Crippen LogP contribution in [0, 0.1) is 5.92 Å². The molecule has 0 atom stereocenters. The molecule has 0 aromatic heterocycles. The average molecular weight is 332 g/mol. The lowest BCUT2D eigenvalue weighted by molar-refractivity contribution is -0.146. The average Bonchev–Trinajstić information content (AvgIpc) is 2.59. The van der Waals surface area contributed by atoms with Gasteiger partial charge in [0.15, 0.2) is 0 Å². The molecule has 0 bridgehead atoms. The predicted octanol–water partition coefficient (Wildman–Crippen LogP) is 2.49. The molecule has 2 rings (SSSR count). The van der Waals surface area contributed by atoms with Crippen molar-refractivity contribution >= 4 is 11.9 Å². The van der Waals surface area contributed by atoms with E-state index in [2.05, 4.69) is 0 Å². The quantitative estimate of drug-likeness (QED) is 0.705. The number of rotatable bonds is 9. The van der Waals surface area contributed by atoms with Crippen LogP contribution in [-0.2, 0) is 20.9 Å². The molecule has 5 heteroatoms. The molecule has 1 fully saturated rings. The van der Waals surface area contributed by atoms with Crippen molar-refractivity contribution in [3.8, 4) is 0 Å². The van der Waals surface area contributed by atoms with E-state index < -0.39 is 5.91 Å². The Balaban J connectivity index is 1.76. The maximum atomic E-state index is 12.0. The van der Waals surface area contributed by atoms with Crippen LogP contribution >= 0.6 is 0 Å². The van der Waals surface area contributed by atoms with Gasteiger partial charge < -0.3 is 10.5 Å². The van der Waals surface area contributed by atoms with Gasteiger partial charge in [0, 0.05) is 0 Å². The number of ether oxygens (including phenoxy) is 1. The number of primary amides is 1. The van der Waals surface area contributed by atoms with Crippen LogP contribution in [0.3, 0.4) is 0 Å². The molecule has 0 saturated heterocycles. The first-order chi connectivity index (χ1) is 11.6. The summed E-state index contributed by atoms with van der Waals surface area (Å²) >= 11 is 0. The molecule has 1 aliphatic carbocycles. The topological polar surface area (TPSA) is 72.6 Å². The molecular weight excluding hydrogens is 304 g/mol. The van der Waals surface area contributed by atoms with Gasteiger partial charge in [0.2, 0.25) is 5.91 Å². The zero-order valence-corrected chi connectivity index (χ0v) is 14.3. The third kappa shape index (κ3) is 7.13. The van der Waals surface area contributed by atoms with E-state index in [9.17, 15) is 9.59 Å². The molecule has 0 radical (unpaired) electrons. The van der Waals surface area contributed by atoms with Crippen LogP contribution < -0.4 is 5.73 Å². The first kappa shape index (κ1) is 18.5. The van der Waals surface area contributed by atoms with Gasteiger partial charge in [0.1, 0.15) is 6.61 Å². The van der Waals surface area contributed by atoms with Crippen molar-refractivity contribution in [2.45, 2.75) is 45.1 Å². The molecule has 24 heavy (non-hydrogen) atoms. The van der Waals surface area contributed by atoms with Crippen LogP contribution in [0.25, 0.3) is 0 Å². The van der Waals surface area contributed by atoms with Gasteiger partial charge in [-0.15, -0.1) is 0 Å². The highest BCUT2D eigenvalue weighted by molar-refractivity contribution is 5.77. The molecule has 0 aliphatic heterocycles. The number of hydrogen-bond donors (Lipinski definition) is 1. The lowest BCUT2D eigenvalue weighted by Gasteiger charge is -2.25. The monoisotopic (exact) mass is 332 g/mol. The van der Waals surface area contributed by atoms with Crippen LogP contribution in [-0.4, -0.2) is 36.4 Å². The minimum absolute atomic E-state index is 0.104. The summed E-state index contributed by atoms with van der Waals surface area (Å²) in [7, 11) is 0. The Morgan fingerprint density at radius 2 is 1.79 bits per heavy atom. The van der Waals surface area contributed by atoms with E-state index in [-0.39, 0.29) is 25.7 Å². The fraction of sp³-hybridized carbons (Fsp3) is 0.579. The minimum Gasteiger partial charge on any atom is -0.460 e. The van der Waals surface area contributed by atoms with Gasteiger partial charge in [-0.2, -0.15) is 0 Å². The highest BCUT2D eigenvalue weighted by Gasteiger charge is 2.18. The molecule has 1 aromatic rings. The van der Waals surface area contributed by atoms with E-state index in [1.165, 1.54) is 32.1 Å². The zero-order valence-electron chi connectivity index (χ0n) is 14.3. The van der Waals surface area contributed by atoms with E-state index in [4.69, 9.17) is 10.5 Å². The van der Waals surface area contributed by atoms with Gasteiger partial charge >= 0.3 is 5.97 Å². The first-order valence-electron chi connectivity index (χ1n) is 8.83. The summed E-state index contributed by atoms with van der Waals surface area (Å²) in [5.41, 5.74) is 6.26. The largest absolute Gasteiger partial charge is 0.460 e.